The Bertz CT molecular complexity index is 1830. The quantitative estimate of drug-likeness (QED) is 0.0454. The summed E-state index contributed by atoms with van der Waals surface area (Å²) in [5, 5.41) is 43.3. The van der Waals surface area contributed by atoms with Crippen molar-refractivity contribution in [1.29, 1.82) is 0 Å². The number of aliphatic carboxylic acids is 3. The van der Waals surface area contributed by atoms with Gasteiger partial charge < -0.3 is 63.6 Å². The van der Waals surface area contributed by atoms with Crippen molar-refractivity contribution in [3.05, 3.63) is 35.9 Å². The van der Waals surface area contributed by atoms with E-state index in [9.17, 15) is 63.3 Å². The van der Waals surface area contributed by atoms with Gasteiger partial charge in [0.05, 0.1) is 19.0 Å². The molecule has 13 N–H and O–H groups in total. The fraction of sp³-hybridized carbons (Fsp3) is 0.628. The number of amides is 7. The molecule has 0 spiro atoms. The molecule has 0 aliphatic carbocycles. The Hall–Kier alpha value is -5.58. The van der Waals surface area contributed by atoms with Gasteiger partial charge in [-0.3, -0.25) is 43.2 Å². The SMILES string of the molecule is CC(C)C[C@H](NC(=O)[C@H](Cc1ccccc1)NC(=O)[C@H](CCCCN)NC(=O)[C@@H]1CCCN1C(=O)CNC(=O)[C@H](CC(=O)O)NC(=O)[C@H](CCC(=O)O)NC(=O)[C@@H](N)CC(C)C)C(=O)O.Cl.Cl. The van der Waals surface area contributed by atoms with Gasteiger partial charge in [-0.1, -0.05) is 58.0 Å². The van der Waals surface area contributed by atoms with Crippen LogP contribution in [0, 0.1) is 11.8 Å². The second-order valence-corrected chi connectivity index (χ2v) is 17.0. The molecule has 1 aliphatic heterocycles. The van der Waals surface area contributed by atoms with Crippen LogP contribution in [0.4, 0.5) is 0 Å². The van der Waals surface area contributed by atoms with Gasteiger partial charge in [0.1, 0.15) is 36.3 Å². The number of nitrogens with zero attached hydrogens (tertiary/aromatic N) is 1. The number of carbonyl (C=O) groups excluding carboxylic acids is 7. The molecule has 1 aromatic rings. The zero-order valence-electron chi connectivity index (χ0n) is 38.3. The monoisotopic (exact) mass is 989 g/mol. The zero-order valence-corrected chi connectivity index (χ0v) is 40.0. The van der Waals surface area contributed by atoms with Gasteiger partial charge >= 0.3 is 17.9 Å². The van der Waals surface area contributed by atoms with E-state index in [0.717, 1.165) is 0 Å². The minimum Gasteiger partial charge on any atom is -0.481 e. The molecule has 7 amide bonds. The first-order valence-electron chi connectivity index (χ1n) is 21.9. The van der Waals surface area contributed by atoms with Crippen molar-refractivity contribution in [2.75, 3.05) is 19.6 Å². The lowest BCUT2D eigenvalue weighted by molar-refractivity contribution is -0.143. The van der Waals surface area contributed by atoms with Crippen molar-refractivity contribution in [2.45, 2.75) is 141 Å². The molecule has 1 aliphatic rings. The van der Waals surface area contributed by atoms with E-state index in [2.05, 4.69) is 31.9 Å². The topological polar surface area (TPSA) is 359 Å². The van der Waals surface area contributed by atoms with Crippen LogP contribution in [-0.4, -0.2) is 141 Å². The van der Waals surface area contributed by atoms with Crippen molar-refractivity contribution in [1.82, 2.24) is 36.8 Å². The largest absolute Gasteiger partial charge is 0.481 e. The summed E-state index contributed by atoms with van der Waals surface area (Å²) in [4.78, 5) is 130. The smallest absolute Gasteiger partial charge is 0.326 e. The van der Waals surface area contributed by atoms with Crippen LogP contribution in [0.15, 0.2) is 30.3 Å². The molecule has 378 valence electrons. The van der Waals surface area contributed by atoms with E-state index in [-0.39, 0.29) is 81.8 Å². The molecule has 0 radical (unpaired) electrons. The van der Waals surface area contributed by atoms with Crippen LogP contribution in [0.2, 0.25) is 0 Å². The highest BCUT2D eigenvalue weighted by Gasteiger charge is 2.38. The van der Waals surface area contributed by atoms with Crippen LogP contribution < -0.4 is 43.4 Å². The minimum atomic E-state index is -1.77. The van der Waals surface area contributed by atoms with E-state index in [0.29, 0.717) is 24.8 Å². The molecular weight excluding hydrogens is 921 g/mol. The predicted octanol–water partition coefficient (Wildman–Crippen LogP) is -0.423. The first-order chi connectivity index (χ1) is 30.6. The van der Waals surface area contributed by atoms with Gasteiger partial charge in [0.25, 0.3) is 0 Å². The zero-order chi connectivity index (χ0) is 48.8. The summed E-state index contributed by atoms with van der Waals surface area (Å²) in [6.45, 7) is 6.87. The number of halogens is 2. The molecular formula is C43H69Cl2N9O13. The van der Waals surface area contributed by atoms with Gasteiger partial charge in [-0.15, -0.1) is 24.8 Å². The summed E-state index contributed by atoms with van der Waals surface area (Å²) in [5.41, 5.74) is 12.3. The molecule has 1 saturated heterocycles. The number of hydrogen-bond donors (Lipinski definition) is 11. The van der Waals surface area contributed by atoms with E-state index >= 15 is 0 Å². The molecule has 0 aromatic heterocycles. The fourth-order valence-electron chi connectivity index (χ4n) is 7.14. The Balaban J connectivity index is 0.0000218. The summed E-state index contributed by atoms with van der Waals surface area (Å²) >= 11 is 0. The van der Waals surface area contributed by atoms with E-state index in [4.69, 9.17) is 11.5 Å². The summed E-state index contributed by atoms with van der Waals surface area (Å²) in [7, 11) is 0. The van der Waals surface area contributed by atoms with Gasteiger partial charge in [0.15, 0.2) is 0 Å². The number of likely N-dealkylation sites (tertiary alicyclic amines) is 1. The molecule has 1 heterocycles. The highest BCUT2D eigenvalue weighted by atomic mass is 35.5. The molecule has 7 atom stereocenters. The second kappa shape index (κ2) is 31.4. The van der Waals surface area contributed by atoms with Crippen molar-refractivity contribution in [3.63, 3.8) is 0 Å². The van der Waals surface area contributed by atoms with Crippen LogP contribution in [0.1, 0.15) is 97.5 Å². The third-order valence-corrected chi connectivity index (χ3v) is 10.5. The molecule has 67 heavy (non-hydrogen) atoms. The van der Waals surface area contributed by atoms with Gasteiger partial charge in [-0.2, -0.15) is 0 Å². The van der Waals surface area contributed by atoms with Crippen molar-refractivity contribution < 1.29 is 63.3 Å². The highest BCUT2D eigenvalue weighted by Crippen LogP contribution is 2.19. The number of carboxylic acids is 3. The number of unbranched alkanes of at least 4 members (excludes halogenated alkanes) is 1. The number of hydrogen-bond acceptors (Lipinski definition) is 12. The van der Waals surface area contributed by atoms with E-state index in [1.165, 1.54) is 4.90 Å². The van der Waals surface area contributed by atoms with Gasteiger partial charge in [0, 0.05) is 19.4 Å². The Morgan fingerprint density at radius 3 is 1.78 bits per heavy atom. The standard InChI is InChI=1S/C43H67N9O13.2ClH/c1-24(2)19-27(45)37(58)47-29(15-16-35(54)55)40(61)50-31(22-36(56)57)38(59)46-23-34(53)52-18-10-14-33(52)42(63)48-28(13-8-9-17-44)39(60)49-30(21-26-11-6-5-7-12-26)41(62)51-32(43(64)65)20-25(3)4;;/h5-7,11-12,24-25,27-33H,8-10,13-23,44-45H2,1-4H3,(H,46,59)(H,47,58)(H,48,63)(H,49,60)(H,50,61)(H,51,62)(H,54,55)(H,56,57)(H,64,65);2*1H/t27-,28-,29-,30-,31-,32-,33-;;/m0../s1. The van der Waals surface area contributed by atoms with Crippen molar-refractivity contribution >= 4 is 84.1 Å². The van der Waals surface area contributed by atoms with E-state index < -0.39 is 127 Å². The third kappa shape index (κ3) is 22.6. The lowest BCUT2D eigenvalue weighted by atomic mass is 10.0. The molecule has 24 heteroatoms. The second-order valence-electron chi connectivity index (χ2n) is 17.0. The number of carboxylic acid groups (broad SMARTS) is 3. The van der Waals surface area contributed by atoms with Crippen LogP contribution >= 0.6 is 24.8 Å². The molecule has 2 rings (SSSR count). The normalized spacial score (nSPS) is 15.8. The highest BCUT2D eigenvalue weighted by molar-refractivity contribution is 5.98. The van der Waals surface area contributed by atoms with Crippen LogP contribution in [0.25, 0.3) is 0 Å². The first-order valence-corrected chi connectivity index (χ1v) is 21.9. The maximum atomic E-state index is 13.9. The Kier molecular flexibility index (Phi) is 28.8. The average molecular weight is 991 g/mol. The predicted molar refractivity (Wildman–Crippen MR) is 249 cm³/mol. The first kappa shape index (κ1) is 61.4. The van der Waals surface area contributed by atoms with Gasteiger partial charge in [-0.05, 0) is 75.3 Å². The fourth-order valence-corrected chi connectivity index (χ4v) is 7.14. The molecule has 1 aromatic carbocycles. The van der Waals surface area contributed by atoms with Crippen molar-refractivity contribution in [3.8, 4) is 0 Å². The average Bonchev–Trinajstić information content (AvgIpc) is 3.73. The molecule has 0 unspecified atom stereocenters. The Morgan fingerprint density at radius 2 is 1.22 bits per heavy atom. The molecule has 22 nitrogen and oxygen atoms in total. The summed E-state index contributed by atoms with van der Waals surface area (Å²) in [5.74, 6) is -9.96. The maximum absolute atomic E-state index is 13.9. The number of rotatable bonds is 29. The maximum Gasteiger partial charge on any atom is 0.326 e. The van der Waals surface area contributed by atoms with E-state index in [1.807, 2.05) is 13.8 Å². The minimum absolute atomic E-state index is 0. The summed E-state index contributed by atoms with van der Waals surface area (Å²) in [6.07, 6.45) is -0.0277. The van der Waals surface area contributed by atoms with E-state index in [1.54, 1.807) is 44.2 Å². The van der Waals surface area contributed by atoms with Crippen LogP contribution in [0.3, 0.4) is 0 Å². The van der Waals surface area contributed by atoms with Crippen molar-refractivity contribution in [2.24, 2.45) is 23.3 Å². The number of benzene rings is 1. The number of nitrogens with two attached hydrogens (primary N) is 2. The summed E-state index contributed by atoms with van der Waals surface area (Å²) < 4.78 is 0. The lowest BCUT2D eigenvalue weighted by Crippen LogP contribution is -2.58. The third-order valence-electron chi connectivity index (χ3n) is 10.5. The molecule has 1 fully saturated rings. The van der Waals surface area contributed by atoms with Gasteiger partial charge in [-0.25, -0.2) is 4.79 Å². The molecule has 0 saturated carbocycles. The van der Waals surface area contributed by atoms with Crippen LogP contribution in [0.5, 0.6) is 0 Å². The summed E-state index contributed by atoms with van der Waals surface area (Å²) in [6, 6.07) is -0.367. The lowest BCUT2D eigenvalue weighted by Gasteiger charge is -2.28. The number of carbonyl (C=O) groups is 10. The molecule has 0 bridgehead atoms. The Labute approximate surface area is 402 Å². The van der Waals surface area contributed by atoms with Gasteiger partial charge in [0.2, 0.25) is 41.4 Å². The Morgan fingerprint density at radius 1 is 0.672 bits per heavy atom. The van der Waals surface area contributed by atoms with Crippen LogP contribution in [-0.2, 0) is 54.4 Å². The number of nitrogens with one attached hydrogen (secondary N) is 6.